The van der Waals surface area contributed by atoms with E-state index in [0.717, 1.165) is 49.5 Å². The van der Waals surface area contributed by atoms with Crippen molar-refractivity contribution in [3.63, 3.8) is 0 Å². The molecule has 0 spiro atoms. The third-order valence-electron chi connectivity index (χ3n) is 5.79. The Balaban J connectivity index is 1.59. The molecular weight excluding hydrogens is 393 g/mol. The lowest BCUT2D eigenvalue weighted by molar-refractivity contribution is 0.179. The van der Waals surface area contributed by atoms with E-state index in [0.29, 0.717) is 23.3 Å². The molecule has 0 saturated carbocycles. The standard InChI is InChI=1S/C23H30FN7/c1-15(2)9-18-11-20(24)22(23-26-28-29-27-23)21(12-18)31-8-7-30(17(4)13-31)14-19-10-16(3)5-6-25-19/h5-6,10-12,15,17H,7-9,13-14H2,1-4H3,(H,26,27,28,29)/t17-/m0/s1. The van der Waals surface area contributed by atoms with Crippen LogP contribution < -0.4 is 4.90 Å². The molecule has 1 atom stereocenters. The molecule has 1 aromatic carbocycles. The molecule has 1 N–H and O–H groups in total. The molecule has 1 saturated heterocycles. The number of hydrogen-bond donors (Lipinski definition) is 1. The van der Waals surface area contributed by atoms with Crippen molar-refractivity contribution in [3.05, 3.63) is 53.1 Å². The molecule has 0 bridgehead atoms. The van der Waals surface area contributed by atoms with Crippen LogP contribution in [0.15, 0.2) is 30.5 Å². The molecule has 4 rings (SSSR count). The van der Waals surface area contributed by atoms with Crippen molar-refractivity contribution in [3.8, 4) is 11.4 Å². The van der Waals surface area contributed by atoms with Crippen LogP contribution in [-0.2, 0) is 13.0 Å². The average Bonchev–Trinajstić information content (AvgIpc) is 3.23. The number of nitrogens with one attached hydrogen (secondary N) is 1. The molecule has 0 amide bonds. The van der Waals surface area contributed by atoms with Gasteiger partial charge in [-0.3, -0.25) is 9.88 Å². The van der Waals surface area contributed by atoms with Crippen molar-refractivity contribution in [2.45, 2.75) is 46.7 Å². The fraction of sp³-hybridized carbons (Fsp3) is 0.478. The van der Waals surface area contributed by atoms with Crippen molar-refractivity contribution < 1.29 is 4.39 Å². The molecule has 1 aliphatic rings. The number of aryl methyl sites for hydroxylation is 1. The number of H-pyrrole nitrogens is 1. The number of aromatic nitrogens is 5. The maximum atomic E-state index is 15.2. The largest absolute Gasteiger partial charge is 0.368 e. The third-order valence-corrected chi connectivity index (χ3v) is 5.79. The predicted octanol–water partition coefficient (Wildman–Crippen LogP) is 3.62. The van der Waals surface area contributed by atoms with Gasteiger partial charge in [-0.05, 0) is 66.8 Å². The molecule has 3 aromatic rings. The molecule has 3 heterocycles. The summed E-state index contributed by atoms with van der Waals surface area (Å²) in [7, 11) is 0. The molecule has 31 heavy (non-hydrogen) atoms. The zero-order valence-electron chi connectivity index (χ0n) is 18.6. The normalized spacial score (nSPS) is 17.5. The molecule has 1 fully saturated rings. The van der Waals surface area contributed by atoms with Gasteiger partial charge in [0.1, 0.15) is 5.82 Å². The molecule has 0 radical (unpaired) electrons. The number of piperazine rings is 1. The summed E-state index contributed by atoms with van der Waals surface area (Å²) in [4.78, 5) is 9.20. The van der Waals surface area contributed by atoms with Gasteiger partial charge in [-0.1, -0.05) is 13.8 Å². The summed E-state index contributed by atoms with van der Waals surface area (Å²) >= 11 is 0. The Bertz CT molecular complexity index is 1020. The second-order valence-electron chi connectivity index (χ2n) is 8.90. The first kappa shape index (κ1) is 21.4. The number of nitrogens with zero attached hydrogens (tertiary/aromatic N) is 6. The van der Waals surface area contributed by atoms with E-state index in [4.69, 9.17) is 0 Å². The number of benzene rings is 1. The summed E-state index contributed by atoms with van der Waals surface area (Å²) in [5.74, 6) is 0.442. The van der Waals surface area contributed by atoms with Crippen LogP contribution in [0.1, 0.15) is 37.6 Å². The maximum absolute atomic E-state index is 15.2. The number of hydrogen-bond acceptors (Lipinski definition) is 6. The van der Waals surface area contributed by atoms with Gasteiger partial charge in [-0.2, -0.15) is 5.21 Å². The van der Waals surface area contributed by atoms with Crippen LogP contribution in [-0.4, -0.2) is 56.2 Å². The number of rotatable bonds is 6. The van der Waals surface area contributed by atoms with E-state index >= 15 is 4.39 Å². The lowest BCUT2D eigenvalue weighted by Gasteiger charge is -2.41. The molecule has 8 heteroatoms. The van der Waals surface area contributed by atoms with Crippen LogP contribution in [0, 0.1) is 18.7 Å². The smallest absolute Gasteiger partial charge is 0.209 e. The highest BCUT2D eigenvalue weighted by Crippen LogP contribution is 2.34. The lowest BCUT2D eigenvalue weighted by Crippen LogP contribution is -2.51. The Kier molecular flexibility index (Phi) is 6.27. The van der Waals surface area contributed by atoms with Crippen molar-refractivity contribution in [2.75, 3.05) is 24.5 Å². The molecule has 0 aliphatic carbocycles. The van der Waals surface area contributed by atoms with Gasteiger partial charge in [0, 0.05) is 38.4 Å². The minimum Gasteiger partial charge on any atom is -0.368 e. The van der Waals surface area contributed by atoms with Crippen LogP contribution in [0.25, 0.3) is 11.4 Å². The van der Waals surface area contributed by atoms with E-state index in [1.165, 1.54) is 5.56 Å². The van der Waals surface area contributed by atoms with Gasteiger partial charge in [-0.15, -0.1) is 10.2 Å². The quantitative estimate of drug-likeness (QED) is 0.653. The van der Waals surface area contributed by atoms with Crippen LogP contribution in [0.5, 0.6) is 0 Å². The molecular formula is C23H30FN7. The Hall–Kier alpha value is -2.87. The predicted molar refractivity (Wildman–Crippen MR) is 119 cm³/mol. The fourth-order valence-corrected chi connectivity index (χ4v) is 4.32. The number of pyridine rings is 1. The minimum absolute atomic E-state index is 0.294. The van der Waals surface area contributed by atoms with E-state index in [1.54, 1.807) is 6.07 Å². The highest BCUT2D eigenvalue weighted by molar-refractivity contribution is 5.76. The van der Waals surface area contributed by atoms with Crippen molar-refractivity contribution >= 4 is 5.69 Å². The summed E-state index contributed by atoms with van der Waals surface area (Å²) in [6.45, 7) is 11.9. The number of aromatic amines is 1. The first-order valence-electron chi connectivity index (χ1n) is 10.9. The SMILES string of the molecule is Cc1ccnc(CN2CCN(c3cc(CC(C)C)cc(F)c3-c3nn[nH]n3)C[C@@H]2C)c1. The first-order chi connectivity index (χ1) is 14.9. The Morgan fingerprint density at radius 2 is 2.06 bits per heavy atom. The Morgan fingerprint density at radius 3 is 2.74 bits per heavy atom. The Labute approximate surface area is 182 Å². The highest BCUT2D eigenvalue weighted by atomic mass is 19.1. The van der Waals surface area contributed by atoms with Gasteiger partial charge in [0.15, 0.2) is 0 Å². The number of anilines is 1. The molecule has 1 aliphatic heterocycles. The Morgan fingerprint density at radius 1 is 1.23 bits per heavy atom. The van der Waals surface area contributed by atoms with Gasteiger partial charge >= 0.3 is 0 Å². The number of halogens is 1. The van der Waals surface area contributed by atoms with Gasteiger partial charge in [0.05, 0.1) is 16.9 Å². The van der Waals surface area contributed by atoms with Crippen LogP contribution in [0.4, 0.5) is 10.1 Å². The lowest BCUT2D eigenvalue weighted by atomic mass is 9.98. The van der Waals surface area contributed by atoms with Gasteiger partial charge in [-0.25, -0.2) is 4.39 Å². The maximum Gasteiger partial charge on any atom is 0.209 e. The van der Waals surface area contributed by atoms with Crippen molar-refractivity contribution in [2.24, 2.45) is 5.92 Å². The average molecular weight is 424 g/mol. The van der Waals surface area contributed by atoms with Gasteiger partial charge in [0.2, 0.25) is 5.82 Å². The van der Waals surface area contributed by atoms with Gasteiger partial charge < -0.3 is 4.90 Å². The summed E-state index contributed by atoms with van der Waals surface area (Å²) < 4.78 is 15.2. The van der Waals surface area contributed by atoms with E-state index in [1.807, 2.05) is 12.3 Å². The molecule has 2 aromatic heterocycles. The highest BCUT2D eigenvalue weighted by Gasteiger charge is 2.28. The zero-order chi connectivity index (χ0) is 22.0. The van der Waals surface area contributed by atoms with Crippen molar-refractivity contribution in [1.29, 1.82) is 0 Å². The summed E-state index contributed by atoms with van der Waals surface area (Å²) in [5.41, 5.74) is 4.56. The third kappa shape index (κ3) is 4.90. The van der Waals surface area contributed by atoms with Crippen molar-refractivity contribution in [1.82, 2.24) is 30.5 Å². The van der Waals surface area contributed by atoms with Gasteiger partial charge in [0.25, 0.3) is 0 Å². The second kappa shape index (κ2) is 9.09. The van der Waals surface area contributed by atoms with E-state index in [-0.39, 0.29) is 5.82 Å². The summed E-state index contributed by atoms with van der Waals surface area (Å²) in [6.07, 6.45) is 2.69. The van der Waals surface area contributed by atoms with Crippen LogP contribution in [0.3, 0.4) is 0 Å². The van der Waals surface area contributed by atoms with Crippen LogP contribution >= 0.6 is 0 Å². The van der Waals surface area contributed by atoms with E-state index in [9.17, 15) is 0 Å². The minimum atomic E-state index is -0.298. The van der Waals surface area contributed by atoms with Crippen LogP contribution in [0.2, 0.25) is 0 Å². The zero-order valence-corrected chi connectivity index (χ0v) is 18.6. The summed E-state index contributed by atoms with van der Waals surface area (Å²) in [6, 6.07) is 8.16. The van der Waals surface area contributed by atoms with E-state index < -0.39 is 0 Å². The van der Waals surface area contributed by atoms with E-state index in [2.05, 4.69) is 75.2 Å². The number of tetrazole rings is 1. The molecule has 7 nitrogen and oxygen atoms in total. The first-order valence-corrected chi connectivity index (χ1v) is 10.9. The monoisotopic (exact) mass is 423 g/mol. The molecule has 0 unspecified atom stereocenters. The topological polar surface area (TPSA) is 73.8 Å². The fourth-order valence-electron chi connectivity index (χ4n) is 4.32. The molecule has 164 valence electrons. The summed E-state index contributed by atoms with van der Waals surface area (Å²) in [5, 5.41) is 14.2. The second-order valence-corrected chi connectivity index (χ2v) is 8.90.